The lowest BCUT2D eigenvalue weighted by atomic mass is 9.97. The Kier molecular flexibility index (Phi) is 3.61. The van der Waals surface area contributed by atoms with Crippen LogP contribution in [0.25, 0.3) is 0 Å². The summed E-state index contributed by atoms with van der Waals surface area (Å²) in [6, 6.07) is 0. The van der Waals surface area contributed by atoms with E-state index in [2.05, 4.69) is 0 Å². The van der Waals surface area contributed by atoms with Crippen molar-refractivity contribution in [1.29, 1.82) is 0 Å². The van der Waals surface area contributed by atoms with Crippen LogP contribution in [-0.2, 0) is 32.8 Å². The summed E-state index contributed by atoms with van der Waals surface area (Å²) in [5.41, 5.74) is 0.820. The van der Waals surface area contributed by atoms with Crippen molar-refractivity contribution in [3.63, 3.8) is 0 Å². The lowest BCUT2D eigenvalue weighted by molar-refractivity contribution is -0.191. The Bertz CT molecular complexity index is 757. The Morgan fingerprint density at radius 2 is 1.78 bits per heavy atom. The molecular weight excluding hydrogens is 304 g/mol. The van der Waals surface area contributed by atoms with Crippen molar-refractivity contribution in [1.82, 2.24) is 9.63 Å². The smallest absolute Gasteiger partial charge is 0.254 e. The molecule has 8 nitrogen and oxygen atoms in total. The van der Waals surface area contributed by atoms with Gasteiger partial charge in [0.2, 0.25) is 11.6 Å². The van der Waals surface area contributed by atoms with Gasteiger partial charge >= 0.3 is 0 Å². The Labute approximate surface area is 131 Å². The highest BCUT2D eigenvalue weighted by Crippen LogP contribution is 2.27. The maximum Gasteiger partial charge on any atom is 0.254 e. The average Bonchev–Trinajstić information content (AvgIpc) is 3.01. The molecule has 3 rings (SSSR count). The zero-order valence-corrected chi connectivity index (χ0v) is 12.6. The Balaban J connectivity index is 1.90. The number of hydroxylamine groups is 2. The van der Waals surface area contributed by atoms with Gasteiger partial charge in [-0.25, -0.2) is 0 Å². The molecule has 0 saturated carbocycles. The molecule has 2 amide bonds. The number of amides is 2. The monoisotopic (exact) mass is 318 g/mol. The number of nitrogens with zero attached hydrogens (tertiary/aromatic N) is 2. The van der Waals surface area contributed by atoms with Gasteiger partial charge < -0.3 is 9.30 Å². The van der Waals surface area contributed by atoms with Gasteiger partial charge in [-0.2, -0.15) is 5.06 Å². The number of hydrogen-bond acceptors (Lipinski definition) is 6. The molecule has 0 radical (unpaired) electrons. The molecule has 1 aromatic rings. The van der Waals surface area contributed by atoms with Crippen LogP contribution in [-0.4, -0.2) is 40.1 Å². The van der Waals surface area contributed by atoms with E-state index in [0.29, 0.717) is 10.6 Å². The van der Waals surface area contributed by atoms with Gasteiger partial charge in [-0.15, -0.1) is 0 Å². The summed E-state index contributed by atoms with van der Waals surface area (Å²) < 4.78 is 6.45. The number of methoxy groups -OCH3 is 1. The van der Waals surface area contributed by atoms with E-state index in [-0.39, 0.29) is 42.2 Å². The molecule has 0 unspecified atom stereocenters. The van der Waals surface area contributed by atoms with Crippen LogP contribution in [0.4, 0.5) is 0 Å². The quantitative estimate of drug-likeness (QED) is 0.751. The number of Topliss-reactive ketones (excluding diaryl/α,β-unsaturated/α-hetero) is 1. The summed E-state index contributed by atoms with van der Waals surface area (Å²) in [6.07, 6.45) is 2.93. The summed E-state index contributed by atoms with van der Waals surface area (Å²) >= 11 is 0. The molecule has 1 aromatic heterocycles. The van der Waals surface area contributed by atoms with E-state index in [1.54, 1.807) is 13.2 Å². The van der Waals surface area contributed by atoms with Crippen molar-refractivity contribution in [3.8, 4) is 0 Å². The summed E-state index contributed by atoms with van der Waals surface area (Å²) in [7, 11) is 2.94. The van der Waals surface area contributed by atoms with Crippen molar-refractivity contribution in [2.75, 3.05) is 7.11 Å². The standard InChI is InChI=1S/C15H14N2O6/c1-16-6-8(7-23-17-11(19)3-4-12(17)20)13-14(16)9(18)5-10(22-2)15(13)21/h5-6H,3-4,7H2,1-2H3. The van der Waals surface area contributed by atoms with Crippen LogP contribution in [0.5, 0.6) is 0 Å². The summed E-state index contributed by atoms with van der Waals surface area (Å²) in [5.74, 6) is -1.67. The SMILES string of the molecule is COC1=CC(=O)c2c(c(CON3C(=O)CCC3=O)cn2C)C1=O. The second-order valence-electron chi connectivity index (χ2n) is 5.25. The number of aromatic nitrogens is 1. The second-order valence-corrected chi connectivity index (χ2v) is 5.25. The third kappa shape index (κ3) is 2.36. The molecule has 0 aromatic carbocycles. The molecular formula is C15H14N2O6. The molecule has 1 fully saturated rings. The highest BCUT2D eigenvalue weighted by Gasteiger charge is 2.34. The number of ether oxygens (including phenoxy) is 1. The lowest BCUT2D eigenvalue weighted by Gasteiger charge is -2.15. The summed E-state index contributed by atoms with van der Waals surface area (Å²) in [5, 5.41) is 0.710. The molecule has 1 saturated heterocycles. The lowest BCUT2D eigenvalue weighted by Crippen LogP contribution is -2.29. The average molecular weight is 318 g/mol. The van der Waals surface area contributed by atoms with Gasteiger partial charge in [0.15, 0.2) is 5.76 Å². The number of hydrogen-bond donors (Lipinski definition) is 0. The van der Waals surface area contributed by atoms with Crippen molar-refractivity contribution in [2.45, 2.75) is 19.4 Å². The van der Waals surface area contributed by atoms with E-state index in [4.69, 9.17) is 9.57 Å². The van der Waals surface area contributed by atoms with E-state index >= 15 is 0 Å². The fourth-order valence-corrected chi connectivity index (χ4v) is 2.71. The van der Waals surface area contributed by atoms with E-state index in [9.17, 15) is 19.2 Å². The maximum absolute atomic E-state index is 12.4. The third-order valence-electron chi connectivity index (χ3n) is 3.78. The minimum absolute atomic E-state index is 0.0525. The van der Waals surface area contributed by atoms with Gasteiger partial charge in [-0.3, -0.25) is 24.0 Å². The number of ketones is 2. The number of rotatable bonds is 4. The molecule has 0 N–H and O–H groups in total. The maximum atomic E-state index is 12.4. The largest absolute Gasteiger partial charge is 0.492 e. The molecule has 1 aliphatic heterocycles. The molecule has 0 atom stereocenters. The third-order valence-corrected chi connectivity index (χ3v) is 3.78. The minimum Gasteiger partial charge on any atom is -0.492 e. The van der Waals surface area contributed by atoms with Crippen LogP contribution in [0.3, 0.4) is 0 Å². The van der Waals surface area contributed by atoms with Gasteiger partial charge in [-0.05, 0) is 0 Å². The first kappa shape index (κ1) is 15.2. The summed E-state index contributed by atoms with van der Waals surface area (Å²) in [4.78, 5) is 52.8. The van der Waals surface area contributed by atoms with Gasteiger partial charge in [0, 0.05) is 37.7 Å². The van der Waals surface area contributed by atoms with Gasteiger partial charge in [0.1, 0.15) is 12.3 Å². The first-order valence-corrected chi connectivity index (χ1v) is 6.95. The molecule has 0 spiro atoms. The number of imide groups is 1. The first-order valence-electron chi connectivity index (χ1n) is 6.95. The molecule has 0 bridgehead atoms. The molecule has 2 heterocycles. The van der Waals surface area contributed by atoms with Crippen molar-refractivity contribution < 1.29 is 28.8 Å². The summed E-state index contributed by atoms with van der Waals surface area (Å²) in [6.45, 7) is -0.170. The highest BCUT2D eigenvalue weighted by atomic mass is 16.7. The van der Waals surface area contributed by atoms with E-state index in [0.717, 1.165) is 6.08 Å². The predicted molar refractivity (Wildman–Crippen MR) is 75.0 cm³/mol. The number of carbonyl (C=O) groups excluding carboxylic acids is 4. The van der Waals surface area contributed by atoms with Gasteiger partial charge in [0.25, 0.3) is 11.8 Å². The molecule has 120 valence electrons. The van der Waals surface area contributed by atoms with Crippen LogP contribution < -0.4 is 0 Å². The fraction of sp³-hybridized carbons (Fsp3) is 0.333. The first-order chi connectivity index (χ1) is 10.9. The Morgan fingerprint density at radius 3 is 2.39 bits per heavy atom. The Hall–Kier alpha value is -2.74. The molecule has 1 aliphatic carbocycles. The zero-order chi connectivity index (χ0) is 16.7. The molecule has 2 aliphatic rings. The molecule has 8 heteroatoms. The normalized spacial score (nSPS) is 17.7. The van der Waals surface area contributed by atoms with Gasteiger partial charge in [-0.1, -0.05) is 0 Å². The van der Waals surface area contributed by atoms with E-state index < -0.39 is 17.6 Å². The van der Waals surface area contributed by atoms with Crippen molar-refractivity contribution in [2.24, 2.45) is 7.05 Å². The van der Waals surface area contributed by atoms with Crippen LogP contribution in [0.2, 0.25) is 0 Å². The zero-order valence-electron chi connectivity index (χ0n) is 12.6. The Morgan fingerprint density at radius 1 is 1.13 bits per heavy atom. The van der Waals surface area contributed by atoms with Crippen LogP contribution in [0.15, 0.2) is 18.0 Å². The topological polar surface area (TPSA) is 94.9 Å². The minimum atomic E-state index is -0.430. The fourth-order valence-electron chi connectivity index (χ4n) is 2.71. The second kappa shape index (κ2) is 5.47. The number of fused-ring (bicyclic) bond motifs is 1. The van der Waals surface area contributed by atoms with Crippen LogP contribution >= 0.6 is 0 Å². The van der Waals surface area contributed by atoms with Crippen LogP contribution in [0, 0.1) is 0 Å². The van der Waals surface area contributed by atoms with E-state index in [1.165, 1.54) is 11.7 Å². The van der Waals surface area contributed by atoms with Crippen LogP contribution in [0.1, 0.15) is 39.3 Å². The number of allylic oxidation sites excluding steroid dienone is 2. The van der Waals surface area contributed by atoms with E-state index in [1.807, 2.05) is 0 Å². The van der Waals surface area contributed by atoms with Gasteiger partial charge in [0.05, 0.1) is 12.7 Å². The van der Waals surface area contributed by atoms with Crippen molar-refractivity contribution >= 4 is 23.4 Å². The number of carbonyl (C=O) groups is 4. The predicted octanol–water partition coefficient (Wildman–Crippen LogP) is 0.515. The molecule has 23 heavy (non-hydrogen) atoms. The van der Waals surface area contributed by atoms with Crippen molar-refractivity contribution in [3.05, 3.63) is 34.9 Å². The number of aryl methyl sites for hydroxylation is 1. The highest BCUT2D eigenvalue weighted by molar-refractivity contribution is 6.23.